The summed E-state index contributed by atoms with van der Waals surface area (Å²) in [6.07, 6.45) is 2.91. The molecule has 0 saturated heterocycles. The summed E-state index contributed by atoms with van der Waals surface area (Å²) in [6.45, 7) is 6.64. The number of hydrogen-bond donors (Lipinski definition) is 3. The molecule has 5 rings (SSSR count). The van der Waals surface area contributed by atoms with Gasteiger partial charge >= 0.3 is 0 Å². The Morgan fingerprint density at radius 2 is 1.92 bits per heavy atom. The van der Waals surface area contributed by atoms with E-state index in [-0.39, 0.29) is 18.6 Å². The average Bonchev–Trinajstić information content (AvgIpc) is 3.48. The zero-order chi connectivity index (χ0) is 25.3. The van der Waals surface area contributed by atoms with E-state index in [0.717, 1.165) is 22.4 Å². The molecule has 0 saturated carbocycles. The van der Waals surface area contributed by atoms with Crippen molar-refractivity contribution in [3.05, 3.63) is 83.9 Å². The van der Waals surface area contributed by atoms with E-state index in [1.54, 1.807) is 6.20 Å². The Bertz CT molecular complexity index is 1370. The fourth-order valence-electron chi connectivity index (χ4n) is 4.76. The maximum absolute atomic E-state index is 12.8. The Labute approximate surface area is 209 Å². The molecule has 1 atom stereocenters. The quantitative estimate of drug-likeness (QED) is 0.329. The van der Waals surface area contributed by atoms with Crippen LogP contribution in [0.4, 0.5) is 17.2 Å². The Hall–Kier alpha value is -4.24. The first-order valence-corrected chi connectivity index (χ1v) is 11.8. The highest BCUT2D eigenvalue weighted by molar-refractivity contribution is 6.00. The second kappa shape index (κ2) is 9.43. The van der Waals surface area contributed by atoms with Crippen molar-refractivity contribution in [2.45, 2.75) is 32.4 Å². The van der Waals surface area contributed by atoms with Crippen molar-refractivity contribution in [1.82, 2.24) is 20.1 Å². The molecular weight excluding hydrogens is 456 g/mol. The van der Waals surface area contributed by atoms with E-state index in [1.165, 1.54) is 6.39 Å². The van der Waals surface area contributed by atoms with Gasteiger partial charge in [-0.25, -0.2) is 4.98 Å². The summed E-state index contributed by atoms with van der Waals surface area (Å²) in [4.78, 5) is 19.2. The number of aliphatic hydroxyl groups excluding tert-OH is 1. The molecule has 2 aromatic heterocycles. The molecule has 36 heavy (non-hydrogen) atoms. The second-order valence-corrected chi connectivity index (χ2v) is 9.14. The van der Waals surface area contributed by atoms with Crippen LogP contribution in [0.3, 0.4) is 0 Å². The molecule has 0 fully saturated rings. The molecule has 1 aliphatic heterocycles. The summed E-state index contributed by atoms with van der Waals surface area (Å²) >= 11 is 0. The van der Waals surface area contributed by atoms with Crippen molar-refractivity contribution in [2.75, 3.05) is 23.8 Å². The third-order valence-corrected chi connectivity index (χ3v) is 6.63. The average molecular weight is 485 g/mol. The Morgan fingerprint density at radius 1 is 1.11 bits per heavy atom. The Kier molecular flexibility index (Phi) is 6.15. The lowest BCUT2D eigenvalue weighted by Gasteiger charge is -2.31. The van der Waals surface area contributed by atoms with Crippen LogP contribution >= 0.6 is 0 Å². The third kappa shape index (κ3) is 4.18. The summed E-state index contributed by atoms with van der Waals surface area (Å²) < 4.78 is 5.42. The SMILES string of the molecule is CCN1C(=O)c2ccc(Nc3cc(N[C@H](CO)c4ccccc4)c(-c4nnco4)cn3)cc2C1(C)C. The number of carbonyl (C=O) groups is 1. The molecule has 2 aromatic carbocycles. The number of aromatic nitrogens is 3. The largest absolute Gasteiger partial charge is 0.423 e. The number of carbonyl (C=O) groups excluding carboxylic acids is 1. The van der Waals surface area contributed by atoms with Crippen molar-refractivity contribution in [3.8, 4) is 11.5 Å². The van der Waals surface area contributed by atoms with Crippen molar-refractivity contribution in [3.63, 3.8) is 0 Å². The van der Waals surface area contributed by atoms with Gasteiger partial charge in [-0.15, -0.1) is 10.2 Å². The summed E-state index contributed by atoms with van der Waals surface area (Å²) in [5.41, 5.74) is 4.35. The van der Waals surface area contributed by atoms with E-state index in [0.29, 0.717) is 29.5 Å². The molecule has 0 aliphatic carbocycles. The van der Waals surface area contributed by atoms with E-state index in [2.05, 4.69) is 39.7 Å². The molecule has 9 nitrogen and oxygen atoms in total. The van der Waals surface area contributed by atoms with Crippen LogP contribution in [0.1, 0.15) is 48.3 Å². The minimum atomic E-state index is -0.398. The molecule has 184 valence electrons. The Balaban J connectivity index is 1.48. The molecule has 3 heterocycles. The van der Waals surface area contributed by atoms with Crippen LogP contribution in [-0.2, 0) is 5.54 Å². The highest BCUT2D eigenvalue weighted by Gasteiger charge is 2.41. The normalized spacial score (nSPS) is 15.0. The monoisotopic (exact) mass is 484 g/mol. The van der Waals surface area contributed by atoms with Gasteiger partial charge in [-0.3, -0.25) is 4.79 Å². The summed E-state index contributed by atoms with van der Waals surface area (Å²) in [5, 5.41) is 24.7. The lowest BCUT2D eigenvalue weighted by atomic mass is 9.93. The lowest BCUT2D eigenvalue weighted by Crippen LogP contribution is -2.38. The first-order valence-electron chi connectivity index (χ1n) is 11.8. The zero-order valence-electron chi connectivity index (χ0n) is 20.4. The molecular formula is C27H28N6O3. The minimum Gasteiger partial charge on any atom is -0.423 e. The molecule has 0 bridgehead atoms. The number of anilines is 3. The highest BCUT2D eigenvalue weighted by atomic mass is 16.4. The predicted octanol–water partition coefficient (Wildman–Crippen LogP) is 4.73. The maximum Gasteiger partial charge on any atom is 0.254 e. The van der Waals surface area contributed by atoms with E-state index >= 15 is 0 Å². The number of nitrogens with zero attached hydrogens (tertiary/aromatic N) is 4. The summed E-state index contributed by atoms with van der Waals surface area (Å²) in [6, 6.07) is 16.9. The molecule has 3 N–H and O–H groups in total. The number of rotatable bonds is 8. The predicted molar refractivity (Wildman–Crippen MR) is 137 cm³/mol. The van der Waals surface area contributed by atoms with Gasteiger partial charge in [-0.05, 0) is 50.1 Å². The van der Waals surface area contributed by atoms with Crippen LogP contribution in [0.15, 0.2) is 71.6 Å². The van der Waals surface area contributed by atoms with Crippen LogP contribution in [0, 0.1) is 0 Å². The van der Waals surface area contributed by atoms with Crippen molar-refractivity contribution in [1.29, 1.82) is 0 Å². The van der Waals surface area contributed by atoms with Crippen LogP contribution in [-0.4, -0.2) is 44.2 Å². The topological polar surface area (TPSA) is 116 Å². The standard InChI is InChI=1S/C27H28N6O3/c1-4-33-26(35)19-11-10-18(12-21(19)27(33,2)3)30-24-13-22(20(14-28-24)25-32-29-16-36-25)31-23(15-34)17-8-6-5-7-9-17/h5-14,16,23,34H,4,15H2,1-3H3,(H2,28,30,31)/t23-/m1/s1. The Morgan fingerprint density at radius 3 is 2.61 bits per heavy atom. The van der Waals surface area contributed by atoms with Gasteiger partial charge in [-0.2, -0.15) is 0 Å². The fraction of sp³-hybridized carbons (Fsp3) is 0.259. The number of pyridine rings is 1. The van der Waals surface area contributed by atoms with Crippen LogP contribution in [0.25, 0.3) is 11.5 Å². The van der Waals surface area contributed by atoms with Gasteiger partial charge in [0.05, 0.1) is 29.4 Å². The van der Waals surface area contributed by atoms with Crippen LogP contribution in [0.2, 0.25) is 0 Å². The fourth-order valence-corrected chi connectivity index (χ4v) is 4.76. The molecule has 4 aromatic rings. The molecule has 1 amide bonds. The van der Waals surface area contributed by atoms with Gasteiger partial charge < -0.3 is 25.1 Å². The van der Waals surface area contributed by atoms with Crippen LogP contribution in [0.5, 0.6) is 0 Å². The lowest BCUT2D eigenvalue weighted by molar-refractivity contribution is 0.0635. The van der Waals surface area contributed by atoms with Crippen molar-refractivity contribution >= 4 is 23.1 Å². The van der Waals surface area contributed by atoms with E-state index < -0.39 is 5.54 Å². The molecule has 0 radical (unpaired) electrons. The minimum absolute atomic E-state index is 0.0496. The first-order chi connectivity index (χ1) is 17.4. The van der Waals surface area contributed by atoms with Crippen molar-refractivity contribution < 1.29 is 14.3 Å². The summed E-state index contributed by atoms with van der Waals surface area (Å²) in [7, 11) is 0. The van der Waals surface area contributed by atoms with Crippen molar-refractivity contribution in [2.24, 2.45) is 0 Å². The highest BCUT2D eigenvalue weighted by Crippen LogP contribution is 2.40. The maximum atomic E-state index is 12.8. The number of fused-ring (bicyclic) bond motifs is 1. The van der Waals surface area contributed by atoms with Crippen LogP contribution < -0.4 is 10.6 Å². The van der Waals surface area contributed by atoms with Gasteiger partial charge in [0.15, 0.2) is 0 Å². The van der Waals surface area contributed by atoms with Gasteiger partial charge in [0, 0.05) is 30.1 Å². The molecule has 9 heteroatoms. The van der Waals surface area contributed by atoms with Gasteiger partial charge in [0.1, 0.15) is 5.82 Å². The number of nitrogens with one attached hydrogen (secondary N) is 2. The molecule has 0 unspecified atom stereocenters. The van der Waals surface area contributed by atoms with Gasteiger partial charge in [0.2, 0.25) is 6.39 Å². The smallest absolute Gasteiger partial charge is 0.254 e. The van der Waals surface area contributed by atoms with E-state index in [1.807, 2.05) is 66.4 Å². The first kappa shape index (κ1) is 23.5. The zero-order valence-corrected chi connectivity index (χ0v) is 20.4. The second-order valence-electron chi connectivity index (χ2n) is 9.14. The third-order valence-electron chi connectivity index (χ3n) is 6.63. The summed E-state index contributed by atoms with van der Waals surface area (Å²) in [5.74, 6) is 0.951. The van der Waals surface area contributed by atoms with E-state index in [9.17, 15) is 9.90 Å². The number of benzene rings is 2. The van der Waals surface area contributed by atoms with E-state index in [4.69, 9.17) is 4.42 Å². The molecule has 1 aliphatic rings. The number of amides is 1. The molecule has 0 spiro atoms. The van der Waals surface area contributed by atoms with Gasteiger partial charge in [0.25, 0.3) is 11.8 Å². The number of hydrogen-bond acceptors (Lipinski definition) is 8. The van der Waals surface area contributed by atoms with Gasteiger partial charge in [-0.1, -0.05) is 30.3 Å². The number of aliphatic hydroxyl groups is 1.